The number of oxime groups is 1. The smallest absolute Gasteiger partial charge is 0.353 e. The van der Waals surface area contributed by atoms with Gasteiger partial charge < -0.3 is 21.0 Å². The van der Waals surface area contributed by atoms with E-state index in [0.29, 0.717) is 10.5 Å². The number of amides is 2. The van der Waals surface area contributed by atoms with Gasteiger partial charge in [0.15, 0.2) is 22.7 Å². The van der Waals surface area contributed by atoms with Crippen LogP contribution < -0.4 is 15.6 Å². The molecule has 2 atom stereocenters. The third-order valence-corrected chi connectivity index (χ3v) is 8.79. The van der Waals surface area contributed by atoms with Gasteiger partial charge in [0.25, 0.3) is 10.7 Å². The van der Waals surface area contributed by atoms with Crippen molar-refractivity contribution in [2.75, 3.05) is 12.8 Å². The molecule has 3 aromatic heterocycles. The van der Waals surface area contributed by atoms with Gasteiger partial charge in [-0.25, -0.2) is 9.78 Å². The maximum atomic E-state index is 13.3. The van der Waals surface area contributed by atoms with E-state index in [1.165, 1.54) is 35.1 Å². The van der Waals surface area contributed by atoms with E-state index in [0.717, 1.165) is 27.3 Å². The van der Waals surface area contributed by atoms with Gasteiger partial charge in [-0.15, -0.1) is 11.3 Å². The molecular weight excluding hydrogens is 536 g/mol. The molecule has 0 saturated carbocycles. The molecule has 2 amide bonds. The maximum absolute atomic E-state index is 13.3. The molecule has 0 aromatic carbocycles. The molecule has 3 aromatic rings. The third kappa shape index (κ3) is 4.26. The van der Waals surface area contributed by atoms with E-state index in [9.17, 15) is 19.5 Å². The summed E-state index contributed by atoms with van der Waals surface area (Å²) in [4.78, 5) is 49.8. The minimum absolute atomic E-state index is 0.0785. The van der Waals surface area contributed by atoms with Crippen LogP contribution in [-0.2, 0) is 19.2 Å². The zero-order valence-corrected chi connectivity index (χ0v) is 22.1. The molecule has 0 aliphatic carbocycles. The number of nitrogens with one attached hydrogen (secondary N) is 1. The van der Waals surface area contributed by atoms with Crippen molar-refractivity contribution in [2.45, 2.75) is 24.8 Å². The van der Waals surface area contributed by atoms with Crippen LogP contribution in [0.4, 0.5) is 5.13 Å². The predicted molar refractivity (Wildman–Crippen MR) is 142 cm³/mol. The molecule has 1 saturated heterocycles. The molecule has 14 heteroatoms. The molecule has 5 heterocycles. The first-order chi connectivity index (χ1) is 17.7. The fourth-order valence-corrected chi connectivity index (χ4v) is 7.16. The number of thiazole rings is 1. The molecule has 2 unspecified atom stereocenters. The summed E-state index contributed by atoms with van der Waals surface area (Å²) in [6.45, 7) is 5.88. The predicted octanol–water partition coefficient (Wildman–Crippen LogP) is 2.31. The lowest BCUT2D eigenvalue weighted by molar-refractivity contribution is -0.549. The number of allylic oxidation sites excluding steroid dienone is 1. The number of hydrogen-bond acceptors (Lipinski definition) is 10. The van der Waals surface area contributed by atoms with Gasteiger partial charge in [0.05, 0.1) is 17.8 Å². The summed E-state index contributed by atoms with van der Waals surface area (Å²) in [5.74, 6) is -2.13. The van der Waals surface area contributed by atoms with Crippen LogP contribution >= 0.6 is 34.4 Å². The number of carbonyl (C=O) groups excluding carboxylic acids is 2. The number of carboxylic acids is 1. The molecular formula is C23H21N6O5S3+. The van der Waals surface area contributed by atoms with Gasteiger partial charge in [-0.3, -0.25) is 14.5 Å². The molecule has 11 nitrogen and oxygen atoms in total. The lowest BCUT2D eigenvalue weighted by Gasteiger charge is -2.48. The number of fused-ring (bicyclic) bond motifs is 2. The number of thioether (sulfide) groups is 1. The molecule has 0 radical (unpaired) electrons. The highest BCUT2D eigenvalue weighted by Gasteiger charge is 2.51. The highest BCUT2D eigenvalue weighted by atomic mass is 32.2. The standard InChI is InChI=1S/C23H20N6O5S3/c1-10(2)28-6-4-11(12-5-7-35-21(12)28)18-17(22(32)33)29-14(8-15(29)30)20(37-18)26-19(31)16(27-34-3)13-9-36-23(24)25-13/h4-7,9,14,20H,1,8H2,2-3H3,(H3-,24,25,26,31,32,33)/p+1. The van der Waals surface area contributed by atoms with Crippen LogP contribution in [-0.4, -0.2) is 57.0 Å². The Labute approximate surface area is 222 Å². The Morgan fingerprint density at radius 2 is 2.16 bits per heavy atom. The summed E-state index contributed by atoms with van der Waals surface area (Å²) >= 11 is 3.84. The second kappa shape index (κ2) is 9.61. The Hall–Kier alpha value is -3.75. The van der Waals surface area contributed by atoms with E-state index in [1.54, 1.807) is 11.4 Å². The van der Waals surface area contributed by atoms with E-state index in [4.69, 9.17) is 10.6 Å². The van der Waals surface area contributed by atoms with Gasteiger partial charge in [0.1, 0.15) is 23.9 Å². The van der Waals surface area contributed by atoms with Crippen LogP contribution in [0.1, 0.15) is 24.6 Å². The lowest BCUT2D eigenvalue weighted by Crippen LogP contribution is -2.63. The first kappa shape index (κ1) is 24.9. The Bertz CT molecular complexity index is 1540. The van der Waals surface area contributed by atoms with Crippen molar-refractivity contribution in [3.63, 3.8) is 0 Å². The number of aromatic nitrogens is 2. The van der Waals surface area contributed by atoms with Gasteiger partial charge in [0.2, 0.25) is 5.91 Å². The highest BCUT2D eigenvalue weighted by molar-refractivity contribution is 8.09. The van der Waals surface area contributed by atoms with Crippen LogP contribution in [0, 0.1) is 0 Å². The van der Waals surface area contributed by atoms with Crippen LogP contribution in [0.15, 0.2) is 46.5 Å². The summed E-state index contributed by atoms with van der Waals surface area (Å²) in [5, 5.41) is 20.8. The van der Waals surface area contributed by atoms with Gasteiger partial charge in [-0.1, -0.05) is 28.3 Å². The lowest BCUT2D eigenvalue weighted by atomic mass is 9.98. The summed E-state index contributed by atoms with van der Waals surface area (Å²) in [6, 6.07) is 3.16. The molecule has 1 fully saturated rings. The van der Waals surface area contributed by atoms with E-state index in [2.05, 4.69) is 22.0 Å². The Balaban J connectivity index is 1.57. The molecule has 0 spiro atoms. The molecule has 0 bridgehead atoms. The van der Waals surface area contributed by atoms with E-state index >= 15 is 0 Å². The van der Waals surface area contributed by atoms with Crippen LogP contribution in [0.5, 0.6) is 0 Å². The number of pyridine rings is 1. The Kier molecular flexibility index (Phi) is 6.47. The molecule has 5 rings (SSSR count). The molecule has 2 aliphatic heterocycles. The molecule has 4 N–H and O–H groups in total. The summed E-state index contributed by atoms with van der Waals surface area (Å²) in [5.41, 5.74) is 7.24. The summed E-state index contributed by atoms with van der Waals surface area (Å²) in [7, 11) is 1.31. The quantitative estimate of drug-likeness (QED) is 0.173. The normalized spacial score (nSPS) is 19.5. The topological polar surface area (TPSA) is 151 Å². The Morgan fingerprint density at radius 3 is 2.78 bits per heavy atom. The average molecular weight is 558 g/mol. The van der Waals surface area contributed by atoms with Crippen molar-refractivity contribution in [1.82, 2.24) is 15.2 Å². The minimum Gasteiger partial charge on any atom is -0.477 e. The van der Waals surface area contributed by atoms with E-state index < -0.39 is 23.3 Å². The number of nitrogen functional groups attached to an aromatic ring is 1. The number of rotatable bonds is 7. The van der Waals surface area contributed by atoms with Gasteiger partial charge in [-0.2, -0.15) is 4.57 Å². The van der Waals surface area contributed by atoms with Crippen molar-refractivity contribution in [3.05, 3.63) is 52.6 Å². The number of thiophene rings is 1. The first-order valence-corrected chi connectivity index (χ1v) is 13.5. The second-order valence-corrected chi connectivity index (χ2v) is 11.1. The highest BCUT2D eigenvalue weighted by Crippen LogP contribution is 2.48. The number of nitrogens with two attached hydrogens (primary N) is 1. The van der Waals surface area contributed by atoms with E-state index in [1.807, 2.05) is 29.1 Å². The first-order valence-electron chi connectivity index (χ1n) is 10.9. The van der Waals surface area contributed by atoms with Crippen molar-refractivity contribution >= 4 is 83.9 Å². The fourth-order valence-electron chi connectivity index (χ4n) is 4.25. The van der Waals surface area contributed by atoms with Crippen molar-refractivity contribution in [3.8, 4) is 0 Å². The molecule has 37 heavy (non-hydrogen) atoms. The van der Waals surface area contributed by atoms with Gasteiger partial charge >= 0.3 is 5.97 Å². The number of aliphatic carboxylic acids is 1. The molecule has 2 aliphatic rings. The van der Waals surface area contributed by atoms with E-state index in [-0.39, 0.29) is 34.6 Å². The third-order valence-electron chi connectivity index (χ3n) is 5.87. The minimum atomic E-state index is -1.22. The number of β-lactam (4-membered cyclic amide) rings is 1. The van der Waals surface area contributed by atoms with Crippen molar-refractivity contribution in [2.24, 2.45) is 5.16 Å². The van der Waals surface area contributed by atoms with Gasteiger partial charge in [-0.05, 0) is 18.0 Å². The van der Waals surface area contributed by atoms with Crippen LogP contribution in [0.2, 0.25) is 0 Å². The largest absolute Gasteiger partial charge is 0.477 e. The maximum Gasteiger partial charge on any atom is 0.353 e. The average Bonchev–Trinajstić information content (AvgIpc) is 3.50. The fraction of sp³-hybridized carbons (Fsp3) is 0.217. The number of hydrogen-bond donors (Lipinski definition) is 3. The van der Waals surface area contributed by atoms with Crippen molar-refractivity contribution < 1.29 is 28.9 Å². The number of carbonyl (C=O) groups is 3. The monoisotopic (exact) mass is 557 g/mol. The van der Waals surface area contributed by atoms with Crippen LogP contribution in [0.3, 0.4) is 0 Å². The molecule has 190 valence electrons. The number of anilines is 1. The SMILES string of the molecule is C=C(C)[n+]1ccc(C2=C(C(=O)O)N3C(=O)CC3C(NC(=O)C(=NOC)c3csc(N)n3)S2)c2ccsc21. The van der Waals surface area contributed by atoms with Crippen molar-refractivity contribution in [1.29, 1.82) is 0 Å². The summed E-state index contributed by atoms with van der Waals surface area (Å²) < 4.78 is 1.92. The van der Waals surface area contributed by atoms with Gasteiger partial charge in [0, 0.05) is 28.8 Å². The second-order valence-electron chi connectivity index (χ2n) is 8.20. The zero-order chi connectivity index (χ0) is 26.4. The number of carboxylic acid groups (broad SMARTS) is 1. The summed E-state index contributed by atoms with van der Waals surface area (Å²) in [6.07, 6.45) is 1.91. The Morgan fingerprint density at radius 1 is 1.38 bits per heavy atom. The number of nitrogens with zero attached hydrogens (tertiary/aromatic N) is 4. The zero-order valence-electron chi connectivity index (χ0n) is 19.6. The van der Waals surface area contributed by atoms with Crippen LogP contribution in [0.25, 0.3) is 20.8 Å².